The van der Waals surface area contributed by atoms with Crippen molar-refractivity contribution in [3.05, 3.63) is 59.4 Å². The van der Waals surface area contributed by atoms with Crippen LogP contribution in [0, 0.1) is 0 Å². The van der Waals surface area contributed by atoms with Gasteiger partial charge >= 0.3 is 0 Å². The summed E-state index contributed by atoms with van der Waals surface area (Å²) in [5.41, 5.74) is 2.73. The fraction of sp³-hybridized carbons (Fsp3) is 0.211. The predicted molar refractivity (Wildman–Crippen MR) is 99.4 cm³/mol. The highest BCUT2D eigenvalue weighted by Gasteiger charge is 2.26. The highest BCUT2D eigenvalue weighted by Crippen LogP contribution is 2.32. The van der Waals surface area contributed by atoms with Crippen molar-refractivity contribution in [1.82, 2.24) is 19.7 Å². The number of ether oxygens (including phenoxy) is 2. The van der Waals surface area contributed by atoms with Crippen molar-refractivity contribution in [1.29, 1.82) is 0 Å². The quantitative estimate of drug-likeness (QED) is 0.534. The second-order valence-corrected chi connectivity index (χ2v) is 7.11. The third-order valence-electron chi connectivity index (χ3n) is 4.59. The summed E-state index contributed by atoms with van der Waals surface area (Å²) >= 11 is 1.57. The molecule has 0 aliphatic carbocycles. The first-order valence-electron chi connectivity index (χ1n) is 8.49. The number of aromatic nitrogens is 4. The van der Waals surface area contributed by atoms with Crippen LogP contribution in [0.1, 0.15) is 17.4 Å². The van der Waals surface area contributed by atoms with Crippen LogP contribution in [-0.4, -0.2) is 26.8 Å². The molecule has 7 nitrogen and oxygen atoms in total. The van der Waals surface area contributed by atoms with Crippen LogP contribution in [0.2, 0.25) is 0 Å². The van der Waals surface area contributed by atoms with Gasteiger partial charge in [-0.25, -0.2) is 4.98 Å². The average molecular weight is 380 g/mol. The maximum absolute atomic E-state index is 6.07. The van der Waals surface area contributed by atoms with Gasteiger partial charge in [-0.15, -0.1) is 11.3 Å². The zero-order valence-corrected chi connectivity index (χ0v) is 15.3. The van der Waals surface area contributed by atoms with Gasteiger partial charge in [-0.1, -0.05) is 23.4 Å². The van der Waals surface area contributed by atoms with Crippen LogP contribution in [0.3, 0.4) is 0 Å². The summed E-state index contributed by atoms with van der Waals surface area (Å²) in [4.78, 5) is 9.94. The number of nitrogens with zero attached hydrogens (tertiary/aromatic N) is 4. The van der Waals surface area contributed by atoms with Crippen LogP contribution in [0.5, 0.6) is 5.75 Å². The van der Waals surface area contributed by atoms with Crippen molar-refractivity contribution in [2.75, 3.05) is 7.11 Å². The monoisotopic (exact) mass is 380 g/mol. The minimum Gasteiger partial charge on any atom is -0.497 e. The van der Waals surface area contributed by atoms with E-state index in [4.69, 9.17) is 14.0 Å². The summed E-state index contributed by atoms with van der Waals surface area (Å²) in [7, 11) is 1.66. The molecule has 1 aliphatic rings. The van der Waals surface area contributed by atoms with Gasteiger partial charge in [0.15, 0.2) is 5.69 Å². The molecular formula is C19H16N4O3S. The summed E-state index contributed by atoms with van der Waals surface area (Å²) in [6.45, 7) is 1.11. The molecule has 3 aromatic heterocycles. The van der Waals surface area contributed by atoms with E-state index >= 15 is 0 Å². The maximum Gasteiger partial charge on any atom is 0.278 e. The van der Waals surface area contributed by atoms with Crippen LogP contribution in [0.15, 0.2) is 52.6 Å². The predicted octanol–water partition coefficient (Wildman–Crippen LogP) is 3.94. The lowest BCUT2D eigenvalue weighted by Gasteiger charge is -2.25. The standard InChI is InChI=1S/C19H16N4O3S/c1-24-13-6-4-12(5-7-13)15-9-23-11-20-17(14(23)10-25-15)19-21-18(22-26-19)16-3-2-8-27-16/h2-8,11,15H,9-10H2,1H3. The number of thiophene rings is 1. The summed E-state index contributed by atoms with van der Waals surface area (Å²) in [6, 6.07) is 11.9. The second kappa shape index (κ2) is 6.64. The third kappa shape index (κ3) is 2.92. The topological polar surface area (TPSA) is 75.2 Å². The molecule has 5 rings (SSSR count). The van der Waals surface area contributed by atoms with E-state index in [1.807, 2.05) is 41.8 Å². The van der Waals surface area contributed by atoms with E-state index < -0.39 is 0 Å². The lowest BCUT2D eigenvalue weighted by molar-refractivity contribution is 0.00328. The van der Waals surface area contributed by atoms with E-state index in [0.717, 1.165) is 21.9 Å². The van der Waals surface area contributed by atoms with Gasteiger partial charge in [-0.2, -0.15) is 4.98 Å². The Labute approximate surface area is 159 Å². The SMILES string of the molecule is COc1ccc(C2Cn3cnc(-c4nc(-c5cccs5)no4)c3CO2)cc1. The Morgan fingerprint density at radius 1 is 1.22 bits per heavy atom. The van der Waals surface area contributed by atoms with E-state index in [0.29, 0.717) is 30.6 Å². The Bertz CT molecular complexity index is 1050. The van der Waals surface area contributed by atoms with Gasteiger partial charge in [-0.3, -0.25) is 0 Å². The van der Waals surface area contributed by atoms with Gasteiger partial charge in [-0.05, 0) is 29.1 Å². The van der Waals surface area contributed by atoms with Gasteiger partial charge in [0.05, 0.1) is 37.2 Å². The van der Waals surface area contributed by atoms with Gasteiger partial charge in [0.2, 0.25) is 5.82 Å². The molecule has 8 heteroatoms. The molecule has 0 N–H and O–H groups in total. The lowest BCUT2D eigenvalue weighted by Crippen LogP contribution is -2.20. The van der Waals surface area contributed by atoms with E-state index in [2.05, 4.69) is 19.7 Å². The largest absolute Gasteiger partial charge is 0.497 e. The van der Waals surface area contributed by atoms with Crippen molar-refractivity contribution in [2.24, 2.45) is 0 Å². The third-order valence-corrected chi connectivity index (χ3v) is 5.45. The minimum absolute atomic E-state index is 0.0326. The van der Waals surface area contributed by atoms with Crippen molar-refractivity contribution >= 4 is 11.3 Å². The normalized spacial score (nSPS) is 16.3. The van der Waals surface area contributed by atoms with Crippen LogP contribution < -0.4 is 4.74 Å². The number of benzene rings is 1. The zero-order valence-electron chi connectivity index (χ0n) is 14.5. The molecule has 4 heterocycles. The molecule has 0 saturated heterocycles. The molecule has 0 radical (unpaired) electrons. The number of fused-ring (bicyclic) bond motifs is 1. The van der Waals surface area contributed by atoms with Crippen molar-refractivity contribution in [3.8, 4) is 28.0 Å². The van der Waals surface area contributed by atoms with E-state index in [1.54, 1.807) is 24.8 Å². The van der Waals surface area contributed by atoms with Crippen LogP contribution in [-0.2, 0) is 17.9 Å². The number of methoxy groups -OCH3 is 1. The van der Waals surface area contributed by atoms with Gasteiger partial charge in [0, 0.05) is 0 Å². The second-order valence-electron chi connectivity index (χ2n) is 6.17. The highest BCUT2D eigenvalue weighted by atomic mass is 32.1. The van der Waals surface area contributed by atoms with Crippen molar-refractivity contribution < 1.29 is 14.0 Å². The van der Waals surface area contributed by atoms with Crippen molar-refractivity contribution in [2.45, 2.75) is 19.3 Å². The molecule has 0 spiro atoms. The molecule has 0 bridgehead atoms. The summed E-state index contributed by atoms with van der Waals surface area (Å²) in [5.74, 6) is 1.83. The summed E-state index contributed by atoms with van der Waals surface area (Å²) in [5, 5.41) is 6.05. The van der Waals surface area contributed by atoms with Crippen LogP contribution in [0.25, 0.3) is 22.3 Å². The molecule has 1 unspecified atom stereocenters. The summed E-state index contributed by atoms with van der Waals surface area (Å²) in [6.07, 6.45) is 1.77. The molecule has 4 aromatic rings. The van der Waals surface area contributed by atoms with E-state index in [1.165, 1.54) is 0 Å². The lowest BCUT2D eigenvalue weighted by atomic mass is 10.1. The first-order chi connectivity index (χ1) is 13.3. The Kier molecular flexibility index (Phi) is 3.99. The molecule has 0 amide bonds. The maximum atomic E-state index is 6.07. The van der Waals surface area contributed by atoms with Gasteiger partial charge in [0.1, 0.15) is 11.9 Å². The molecule has 0 fully saturated rings. The van der Waals surface area contributed by atoms with E-state index in [-0.39, 0.29) is 6.10 Å². The minimum atomic E-state index is -0.0326. The number of imidazole rings is 1. The molecule has 1 aliphatic heterocycles. The van der Waals surface area contributed by atoms with Crippen molar-refractivity contribution in [3.63, 3.8) is 0 Å². The number of hydrogen-bond donors (Lipinski definition) is 0. The van der Waals surface area contributed by atoms with Crippen LogP contribution >= 0.6 is 11.3 Å². The zero-order chi connectivity index (χ0) is 18.2. The smallest absolute Gasteiger partial charge is 0.278 e. The number of rotatable bonds is 4. The Morgan fingerprint density at radius 3 is 2.89 bits per heavy atom. The molecular weight excluding hydrogens is 364 g/mol. The van der Waals surface area contributed by atoms with Crippen LogP contribution in [0.4, 0.5) is 0 Å². The molecule has 0 saturated carbocycles. The fourth-order valence-corrected chi connectivity index (χ4v) is 3.80. The number of hydrogen-bond acceptors (Lipinski definition) is 7. The Balaban J connectivity index is 1.40. The summed E-state index contributed by atoms with van der Waals surface area (Å²) < 4.78 is 18.8. The Hall–Kier alpha value is -2.97. The average Bonchev–Trinajstić information content (AvgIpc) is 3.46. The molecule has 1 aromatic carbocycles. The molecule has 1 atom stereocenters. The fourth-order valence-electron chi connectivity index (χ4n) is 3.15. The van der Waals surface area contributed by atoms with Gasteiger partial charge in [0.25, 0.3) is 5.89 Å². The first kappa shape index (κ1) is 16.2. The first-order valence-corrected chi connectivity index (χ1v) is 9.37. The molecule has 27 heavy (non-hydrogen) atoms. The van der Waals surface area contributed by atoms with Gasteiger partial charge < -0.3 is 18.6 Å². The highest BCUT2D eigenvalue weighted by molar-refractivity contribution is 7.13. The van der Waals surface area contributed by atoms with E-state index in [9.17, 15) is 0 Å². The molecule has 136 valence electrons. The Morgan fingerprint density at radius 2 is 2.11 bits per heavy atom.